The van der Waals surface area contributed by atoms with Crippen molar-refractivity contribution in [3.63, 3.8) is 0 Å². The molecule has 4 rings (SSSR count). The molecule has 0 aliphatic carbocycles. The van der Waals surface area contributed by atoms with Gasteiger partial charge < -0.3 is 15.0 Å². The van der Waals surface area contributed by atoms with Gasteiger partial charge >= 0.3 is 5.97 Å². The van der Waals surface area contributed by atoms with Crippen LogP contribution < -0.4 is 10.2 Å². The van der Waals surface area contributed by atoms with Gasteiger partial charge in [-0.25, -0.2) is 9.78 Å². The van der Waals surface area contributed by atoms with Crippen molar-refractivity contribution in [1.82, 2.24) is 4.98 Å². The Bertz CT molecular complexity index is 1210. The Balaban J connectivity index is 1.89. The van der Waals surface area contributed by atoms with Crippen molar-refractivity contribution in [1.29, 1.82) is 0 Å². The van der Waals surface area contributed by atoms with Crippen LogP contribution in [-0.4, -0.2) is 31.2 Å². The molecule has 0 radical (unpaired) electrons. The van der Waals surface area contributed by atoms with Crippen molar-refractivity contribution in [2.45, 2.75) is 20.0 Å². The van der Waals surface area contributed by atoms with E-state index >= 15 is 0 Å². The van der Waals surface area contributed by atoms with Crippen molar-refractivity contribution < 1.29 is 9.53 Å². The van der Waals surface area contributed by atoms with Crippen molar-refractivity contribution in [2.75, 3.05) is 24.3 Å². The maximum absolute atomic E-state index is 12.7. The molecule has 1 heterocycles. The number of benzene rings is 3. The van der Waals surface area contributed by atoms with Gasteiger partial charge in [0.2, 0.25) is 0 Å². The SMILES string of the molecule is CC(C)OC(=O)c1cccc2c(Nc3ccc(N(C)C)cc3)c3ccccc3nc12. The monoisotopic (exact) mass is 399 g/mol. The number of rotatable bonds is 5. The first-order valence-corrected chi connectivity index (χ1v) is 10.0. The van der Waals surface area contributed by atoms with Crippen LogP contribution in [0.5, 0.6) is 0 Å². The molecular formula is C25H25N3O2. The number of para-hydroxylation sites is 2. The number of hydrogen-bond donors (Lipinski definition) is 1. The van der Waals surface area contributed by atoms with E-state index in [9.17, 15) is 4.79 Å². The summed E-state index contributed by atoms with van der Waals surface area (Å²) >= 11 is 0. The number of fused-ring (bicyclic) bond motifs is 2. The lowest BCUT2D eigenvalue weighted by molar-refractivity contribution is 0.0380. The van der Waals surface area contributed by atoms with Gasteiger partial charge in [0.25, 0.3) is 0 Å². The molecule has 0 saturated heterocycles. The van der Waals surface area contributed by atoms with Crippen LogP contribution >= 0.6 is 0 Å². The number of anilines is 3. The number of pyridine rings is 1. The summed E-state index contributed by atoms with van der Waals surface area (Å²) in [5, 5.41) is 5.43. The van der Waals surface area contributed by atoms with Gasteiger partial charge in [-0.05, 0) is 50.2 Å². The summed E-state index contributed by atoms with van der Waals surface area (Å²) in [6.07, 6.45) is -0.194. The van der Waals surface area contributed by atoms with Crippen molar-refractivity contribution >= 4 is 44.8 Å². The smallest absolute Gasteiger partial charge is 0.340 e. The lowest BCUT2D eigenvalue weighted by Crippen LogP contribution is -2.12. The molecule has 0 saturated carbocycles. The first-order chi connectivity index (χ1) is 14.4. The highest BCUT2D eigenvalue weighted by Gasteiger charge is 2.18. The topological polar surface area (TPSA) is 54.5 Å². The van der Waals surface area contributed by atoms with Gasteiger partial charge in [-0.3, -0.25) is 0 Å². The highest BCUT2D eigenvalue weighted by molar-refractivity contribution is 6.13. The third-order valence-corrected chi connectivity index (χ3v) is 4.93. The van der Waals surface area contributed by atoms with E-state index < -0.39 is 0 Å². The molecule has 0 spiro atoms. The fraction of sp³-hybridized carbons (Fsp3) is 0.200. The van der Waals surface area contributed by atoms with Crippen LogP contribution in [0.4, 0.5) is 17.1 Å². The summed E-state index contributed by atoms with van der Waals surface area (Å²) in [7, 11) is 4.04. The van der Waals surface area contributed by atoms with Gasteiger partial charge in [0, 0.05) is 36.2 Å². The minimum atomic E-state index is -0.361. The summed E-state index contributed by atoms with van der Waals surface area (Å²) in [4.78, 5) is 19.6. The molecule has 3 aromatic carbocycles. The van der Waals surface area contributed by atoms with E-state index in [1.54, 1.807) is 6.07 Å². The van der Waals surface area contributed by atoms with E-state index in [2.05, 4.69) is 22.3 Å². The zero-order valence-corrected chi connectivity index (χ0v) is 17.6. The largest absolute Gasteiger partial charge is 0.459 e. The lowest BCUT2D eigenvalue weighted by atomic mass is 10.0. The highest BCUT2D eigenvalue weighted by Crippen LogP contribution is 2.35. The van der Waals surface area contributed by atoms with Gasteiger partial charge in [-0.1, -0.05) is 30.3 Å². The Kier molecular flexibility index (Phi) is 5.27. The molecule has 0 amide bonds. The second-order valence-corrected chi connectivity index (χ2v) is 7.73. The van der Waals surface area contributed by atoms with Crippen molar-refractivity contribution in [3.8, 4) is 0 Å². The van der Waals surface area contributed by atoms with Crippen LogP contribution in [0.1, 0.15) is 24.2 Å². The normalized spacial score (nSPS) is 11.1. The summed E-state index contributed by atoms with van der Waals surface area (Å²) in [6.45, 7) is 3.69. The fourth-order valence-electron chi connectivity index (χ4n) is 3.48. The number of carbonyl (C=O) groups is 1. The molecule has 0 aliphatic rings. The number of nitrogens with one attached hydrogen (secondary N) is 1. The molecule has 1 N–H and O–H groups in total. The van der Waals surface area contributed by atoms with E-state index in [4.69, 9.17) is 9.72 Å². The number of aromatic nitrogens is 1. The number of hydrogen-bond acceptors (Lipinski definition) is 5. The first kappa shape index (κ1) is 19.7. The Morgan fingerprint density at radius 2 is 1.63 bits per heavy atom. The van der Waals surface area contributed by atoms with Gasteiger partial charge in [0.1, 0.15) is 0 Å². The predicted octanol–water partition coefficient (Wildman–Crippen LogP) is 5.76. The number of esters is 1. The summed E-state index contributed by atoms with van der Waals surface area (Å²) in [5.41, 5.74) is 4.94. The maximum atomic E-state index is 12.7. The Morgan fingerprint density at radius 3 is 2.33 bits per heavy atom. The number of carbonyl (C=O) groups excluding carboxylic acids is 1. The zero-order valence-electron chi connectivity index (χ0n) is 17.6. The number of nitrogens with zero attached hydrogens (tertiary/aromatic N) is 2. The average Bonchev–Trinajstić information content (AvgIpc) is 2.73. The van der Waals surface area contributed by atoms with Gasteiger partial charge in [-0.2, -0.15) is 0 Å². The van der Waals surface area contributed by atoms with Crippen LogP contribution in [0.2, 0.25) is 0 Å². The first-order valence-electron chi connectivity index (χ1n) is 10.0. The minimum absolute atomic E-state index is 0.194. The zero-order chi connectivity index (χ0) is 21.3. The van der Waals surface area contributed by atoms with Crippen molar-refractivity contribution in [3.05, 3.63) is 72.3 Å². The standard InChI is InChI=1S/C25H25N3O2/c1-16(2)30-25(29)21-10-7-9-20-23(19-8-5-6-11-22(19)27-24(20)21)26-17-12-14-18(15-13-17)28(3)4/h5-16H,1-4H3,(H,26,27). The summed E-state index contributed by atoms with van der Waals surface area (Å²) in [6, 6.07) is 21.8. The number of ether oxygens (including phenoxy) is 1. The molecular weight excluding hydrogens is 374 g/mol. The second-order valence-electron chi connectivity index (χ2n) is 7.73. The molecule has 0 atom stereocenters. The Hall–Kier alpha value is -3.60. The molecule has 0 fully saturated rings. The molecule has 0 bridgehead atoms. The molecule has 5 heteroatoms. The summed E-state index contributed by atoms with van der Waals surface area (Å²) < 4.78 is 5.45. The Labute approximate surface area is 176 Å². The van der Waals surface area contributed by atoms with Gasteiger partial charge in [0.05, 0.1) is 28.4 Å². The van der Waals surface area contributed by atoms with Crippen LogP contribution in [0.3, 0.4) is 0 Å². The molecule has 152 valence electrons. The predicted molar refractivity (Wildman–Crippen MR) is 124 cm³/mol. The van der Waals surface area contributed by atoms with Gasteiger partial charge in [0.15, 0.2) is 0 Å². The lowest BCUT2D eigenvalue weighted by Gasteiger charge is -2.17. The van der Waals surface area contributed by atoms with E-state index in [1.165, 1.54) is 0 Å². The fourth-order valence-corrected chi connectivity index (χ4v) is 3.48. The van der Waals surface area contributed by atoms with Gasteiger partial charge in [-0.15, -0.1) is 0 Å². The second kappa shape index (κ2) is 8.03. The van der Waals surface area contributed by atoms with Crippen molar-refractivity contribution in [2.24, 2.45) is 0 Å². The minimum Gasteiger partial charge on any atom is -0.459 e. The molecule has 5 nitrogen and oxygen atoms in total. The molecule has 4 aromatic rings. The Morgan fingerprint density at radius 1 is 0.933 bits per heavy atom. The average molecular weight is 399 g/mol. The molecule has 0 unspecified atom stereocenters. The summed E-state index contributed by atoms with van der Waals surface area (Å²) in [5.74, 6) is -0.361. The molecule has 1 aromatic heterocycles. The third-order valence-electron chi connectivity index (χ3n) is 4.93. The van der Waals surface area contributed by atoms with E-state index in [0.717, 1.165) is 33.4 Å². The van der Waals surface area contributed by atoms with Crippen LogP contribution in [0.25, 0.3) is 21.8 Å². The third kappa shape index (κ3) is 3.79. The molecule has 0 aliphatic heterocycles. The van der Waals surface area contributed by atoms with Crippen LogP contribution in [0, 0.1) is 0 Å². The quantitative estimate of drug-likeness (QED) is 0.341. The maximum Gasteiger partial charge on any atom is 0.340 e. The highest BCUT2D eigenvalue weighted by atomic mass is 16.5. The van der Waals surface area contributed by atoms with Crippen LogP contribution in [0.15, 0.2) is 66.7 Å². The van der Waals surface area contributed by atoms with E-state index in [-0.39, 0.29) is 12.1 Å². The molecule has 30 heavy (non-hydrogen) atoms. The van der Waals surface area contributed by atoms with E-state index in [1.807, 2.05) is 76.5 Å². The van der Waals surface area contributed by atoms with Crippen LogP contribution in [-0.2, 0) is 4.74 Å². The van der Waals surface area contributed by atoms with E-state index in [0.29, 0.717) is 11.1 Å².